The van der Waals surface area contributed by atoms with E-state index in [1.165, 1.54) is 25.8 Å². The summed E-state index contributed by atoms with van der Waals surface area (Å²) in [4.78, 5) is 23.8. The standard InChI is InChI=1S/C13H23N3O4/c1-12(2,7-17)9(14)6-10(19)15-11(20)13(3,4)16(5)8-18/h6,8,14,17,19H,7H2,1-5H3,(H,15,20)/b10-6-,14-9?. The van der Waals surface area contributed by atoms with Crippen molar-refractivity contribution in [2.45, 2.75) is 33.2 Å². The van der Waals surface area contributed by atoms with Crippen molar-refractivity contribution in [1.29, 1.82) is 5.41 Å². The Morgan fingerprint density at radius 3 is 2.25 bits per heavy atom. The summed E-state index contributed by atoms with van der Waals surface area (Å²) in [6, 6.07) is 0. The molecule has 2 amide bonds. The van der Waals surface area contributed by atoms with E-state index in [1.807, 2.05) is 0 Å². The van der Waals surface area contributed by atoms with Crippen LogP contribution in [0, 0.1) is 10.8 Å². The molecule has 7 heteroatoms. The zero-order valence-corrected chi connectivity index (χ0v) is 12.5. The number of carbonyl (C=O) groups excluding carboxylic acids is 2. The first-order chi connectivity index (χ1) is 8.98. The smallest absolute Gasteiger partial charge is 0.252 e. The van der Waals surface area contributed by atoms with E-state index in [4.69, 9.17) is 10.5 Å². The summed E-state index contributed by atoms with van der Waals surface area (Å²) in [5.41, 5.74) is -1.99. The number of nitrogens with zero attached hydrogens (tertiary/aromatic N) is 1. The second-order valence-electron chi connectivity index (χ2n) is 5.71. The zero-order chi connectivity index (χ0) is 16.1. The van der Waals surface area contributed by atoms with Gasteiger partial charge in [0.2, 0.25) is 6.41 Å². The topological polar surface area (TPSA) is 114 Å². The van der Waals surface area contributed by atoms with Gasteiger partial charge < -0.3 is 20.5 Å². The van der Waals surface area contributed by atoms with Crippen LogP contribution in [-0.4, -0.2) is 52.3 Å². The lowest BCUT2D eigenvalue weighted by Gasteiger charge is -2.30. The number of aliphatic hydroxyl groups excluding tert-OH is 2. The van der Waals surface area contributed by atoms with Crippen LogP contribution in [0.1, 0.15) is 27.7 Å². The van der Waals surface area contributed by atoms with Gasteiger partial charge in [0.25, 0.3) is 5.91 Å². The molecule has 114 valence electrons. The number of aliphatic hydroxyl groups is 2. The van der Waals surface area contributed by atoms with Crippen molar-refractivity contribution in [3.63, 3.8) is 0 Å². The minimum Gasteiger partial charge on any atom is -0.494 e. The first-order valence-corrected chi connectivity index (χ1v) is 6.09. The van der Waals surface area contributed by atoms with Gasteiger partial charge >= 0.3 is 0 Å². The first-order valence-electron chi connectivity index (χ1n) is 6.09. The molecule has 20 heavy (non-hydrogen) atoms. The molecule has 0 aromatic carbocycles. The molecule has 0 aliphatic rings. The lowest BCUT2D eigenvalue weighted by atomic mass is 9.88. The van der Waals surface area contributed by atoms with Crippen LogP contribution in [0.4, 0.5) is 0 Å². The maximum Gasteiger partial charge on any atom is 0.252 e. The Balaban J connectivity index is 4.94. The van der Waals surface area contributed by atoms with Crippen LogP contribution in [0.5, 0.6) is 0 Å². The third-order valence-corrected chi connectivity index (χ3v) is 3.24. The summed E-state index contributed by atoms with van der Waals surface area (Å²) >= 11 is 0. The van der Waals surface area contributed by atoms with E-state index >= 15 is 0 Å². The fourth-order valence-electron chi connectivity index (χ4n) is 1.01. The summed E-state index contributed by atoms with van der Waals surface area (Å²) < 4.78 is 0. The van der Waals surface area contributed by atoms with Gasteiger partial charge in [-0.15, -0.1) is 0 Å². The molecular formula is C13H23N3O4. The molecular weight excluding hydrogens is 262 g/mol. The summed E-state index contributed by atoms with van der Waals surface area (Å²) in [6.07, 6.45) is 1.57. The van der Waals surface area contributed by atoms with Crippen molar-refractivity contribution in [2.24, 2.45) is 5.41 Å². The molecule has 0 aromatic heterocycles. The number of hydrogen-bond donors (Lipinski definition) is 4. The van der Waals surface area contributed by atoms with Crippen molar-refractivity contribution in [1.82, 2.24) is 10.2 Å². The van der Waals surface area contributed by atoms with Crippen LogP contribution >= 0.6 is 0 Å². The van der Waals surface area contributed by atoms with Crippen molar-refractivity contribution in [2.75, 3.05) is 13.7 Å². The van der Waals surface area contributed by atoms with Gasteiger partial charge in [-0.25, -0.2) is 0 Å². The van der Waals surface area contributed by atoms with Gasteiger partial charge in [0.05, 0.1) is 6.61 Å². The Labute approximate surface area is 118 Å². The number of likely N-dealkylation sites (N-methyl/N-ethyl adjacent to an activating group) is 1. The van der Waals surface area contributed by atoms with Crippen molar-refractivity contribution in [3.8, 4) is 0 Å². The zero-order valence-electron chi connectivity index (χ0n) is 12.5. The molecule has 4 N–H and O–H groups in total. The number of amides is 2. The van der Waals surface area contributed by atoms with Crippen LogP contribution < -0.4 is 5.32 Å². The van der Waals surface area contributed by atoms with Crippen molar-refractivity contribution < 1.29 is 19.8 Å². The highest BCUT2D eigenvalue weighted by Crippen LogP contribution is 2.17. The molecule has 0 rings (SSSR count). The van der Waals surface area contributed by atoms with Crippen LogP contribution in [-0.2, 0) is 9.59 Å². The third kappa shape index (κ3) is 4.34. The van der Waals surface area contributed by atoms with Crippen LogP contribution in [0.2, 0.25) is 0 Å². The molecule has 0 heterocycles. The van der Waals surface area contributed by atoms with Crippen LogP contribution in [0.3, 0.4) is 0 Å². The number of hydrogen-bond acceptors (Lipinski definition) is 5. The summed E-state index contributed by atoms with van der Waals surface area (Å²) in [5, 5.41) is 28.7. The molecule has 0 aliphatic carbocycles. The normalized spacial score (nSPS) is 12.8. The number of nitrogens with one attached hydrogen (secondary N) is 2. The second-order valence-corrected chi connectivity index (χ2v) is 5.71. The highest BCUT2D eigenvalue weighted by molar-refractivity contribution is 5.98. The Morgan fingerprint density at radius 2 is 1.85 bits per heavy atom. The lowest BCUT2D eigenvalue weighted by Crippen LogP contribution is -2.52. The number of rotatable bonds is 7. The maximum absolute atomic E-state index is 11.9. The van der Waals surface area contributed by atoms with Gasteiger partial charge in [0, 0.05) is 24.3 Å². The van der Waals surface area contributed by atoms with E-state index in [2.05, 4.69) is 5.32 Å². The predicted octanol–water partition coefficient (Wildman–Crippen LogP) is 0.407. The first kappa shape index (κ1) is 18.1. The molecule has 0 bridgehead atoms. The highest BCUT2D eigenvalue weighted by Gasteiger charge is 2.32. The van der Waals surface area contributed by atoms with Gasteiger partial charge in [0.15, 0.2) is 5.88 Å². The van der Waals surface area contributed by atoms with E-state index in [0.29, 0.717) is 6.41 Å². The van der Waals surface area contributed by atoms with E-state index < -0.39 is 22.7 Å². The molecule has 0 unspecified atom stereocenters. The van der Waals surface area contributed by atoms with E-state index in [1.54, 1.807) is 13.8 Å². The molecule has 0 atom stereocenters. The Hall–Kier alpha value is -1.89. The SMILES string of the molecule is CN(C=O)C(C)(C)C(=O)N/C(O)=C/C(=N)C(C)(C)CO. The molecule has 0 spiro atoms. The third-order valence-electron chi connectivity index (χ3n) is 3.24. The average molecular weight is 285 g/mol. The Kier molecular flexibility index (Phi) is 5.90. The molecule has 0 saturated heterocycles. The summed E-state index contributed by atoms with van der Waals surface area (Å²) in [6.45, 7) is 6.04. The lowest BCUT2D eigenvalue weighted by molar-refractivity contribution is -0.137. The highest BCUT2D eigenvalue weighted by atomic mass is 16.3. The molecule has 0 aliphatic heterocycles. The van der Waals surface area contributed by atoms with Gasteiger partial charge in [-0.2, -0.15) is 0 Å². The maximum atomic E-state index is 11.9. The molecule has 7 nitrogen and oxygen atoms in total. The van der Waals surface area contributed by atoms with Gasteiger partial charge in [-0.1, -0.05) is 13.8 Å². The van der Waals surface area contributed by atoms with E-state index in [0.717, 1.165) is 6.08 Å². The molecule has 0 aromatic rings. The number of carbonyl (C=O) groups is 2. The predicted molar refractivity (Wildman–Crippen MR) is 75.4 cm³/mol. The molecule has 0 saturated carbocycles. The minimum atomic E-state index is -1.14. The molecule has 0 fully saturated rings. The van der Waals surface area contributed by atoms with Crippen LogP contribution in [0.15, 0.2) is 12.0 Å². The van der Waals surface area contributed by atoms with Crippen molar-refractivity contribution >= 4 is 18.0 Å². The van der Waals surface area contributed by atoms with Gasteiger partial charge in [-0.3, -0.25) is 14.9 Å². The quantitative estimate of drug-likeness (QED) is 0.308. The summed E-state index contributed by atoms with van der Waals surface area (Å²) in [5.74, 6) is -1.09. The monoisotopic (exact) mass is 285 g/mol. The van der Waals surface area contributed by atoms with Crippen LogP contribution in [0.25, 0.3) is 0 Å². The Bertz CT molecular complexity index is 427. The summed E-state index contributed by atoms with van der Waals surface area (Å²) in [7, 11) is 1.45. The Morgan fingerprint density at radius 1 is 1.35 bits per heavy atom. The molecule has 0 radical (unpaired) electrons. The fourth-order valence-corrected chi connectivity index (χ4v) is 1.01. The van der Waals surface area contributed by atoms with Gasteiger partial charge in [-0.05, 0) is 13.8 Å². The average Bonchev–Trinajstić information content (AvgIpc) is 2.36. The largest absolute Gasteiger partial charge is 0.494 e. The van der Waals surface area contributed by atoms with E-state index in [-0.39, 0.29) is 12.3 Å². The second kappa shape index (κ2) is 6.51. The van der Waals surface area contributed by atoms with Gasteiger partial charge in [0.1, 0.15) is 5.54 Å². The van der Waals surface area contributed by atoms with E-state index in [9.17, 15) is 14.7 Å². The minimum absolute atomic E-state index is 0.0284. The number of allylic oxidation sites excluding steroid dienone is 1. The van der Waals surface area contributed by atoms with Crippen molar-refractivity contribution in [3.05, 3.63) is 12.0 Å². The fraction of sp³-hybridized carbons (Fsp3) is 0.615.